The molecule has 0 aromatic carbocycles. The fourth-order valence-corrected chi connectivity index (χ4v) is 4.50. The zero-order valence-corrected chi connectivity index (χ0v) is 15.3. The van der Waals surface area contributed by atoms with Crippen LogP contribution < -0.4 is 5.32 Å². The fraction of sp³-hybridized carbons (Fsp3) is 1.00. The molecule has 3 unspecified atom stereocenters. The van der Waals surface area contributed by atoms with E-state index in [0.29, 0.717) is 10.8 Å². The highest BCUT2D eigenvalue weighted by Crippen LogP contribution is 2.40. The van der Waals surface area contributed by atoms with Gasteiger partial charge in [0.1, 0.15) is 0 Å². The summed E-state index contributed by atoms with van der Waals surface area (Å²) in [5.74, 6) is 1.72. The summed E-state index contributed by atoms with van der Waals surface area (Å²) in [6.07, 6.45) is 5.53. The van der Waals surface area contributed by atoms with Gasteiger partial charge in [-0.2, -0.15) is 0 Å². The first-order chi connectivity index (χ1) is 9.71. The van der Waals surface area contributed by atoms with Crippen molar-refractivity contribution in [2.45, 2.75) is 73.3 Å². The maximum absolute atomic E-state index is 3.76. The Kier molecular flexibility index (Phi) is 5.41. The highest BCUT2D eigenvalue weighted by molar-refractivity contribution is 4.92. The largest absolute Gasteiger partial charge is 0.314 e. The number of nitrogens with one attached hydrogen (secondary N) is 1. The lowest BCUT2D eigenvalue weighted by Gasteiger charge is -2.42. The Balaban J connectivity index is 1.93. The first-order valence-corrected chi connectivity index (χ1v) is 9.17. The molecule has 0 amide bonds. The Labute approximate surface area is 133 Å². The van der Waals surface area contributed by atoms with Gasteiger partial charge in [-0.1, -0.05) is 41.5 Å². The number of nitrogens with zero attached hydrogens (tertiary/aromatic N) is 1. The minimum Gasteiger partial charge on any atom is -0.314 e. The van der Waals surface area contributed by atoms with Crippen molar-refractivity contribution in [1.29, 1.82) is 0 Å². The summed E-state index contributed by atoms with van der Waals surface area (Å²) in [5.41, 5.74) is 1.02. The predicted molar refractivity (Wildman–Crippen MR) is 92.6 cm³/mol. The second-order valence-corrected chi connectivity index (χ2v) is 9.44. The van der Waals surface area contributed by atoms with Crippen LogP contribution in [0, 0.1) is 22.7 Å². The van der Waals surface area contributed by atoms with E-state index in [1.807, 2.05) is 0 Å². The lowest BCUT2D eigenvalue weighted by atomic mass is 9.69. The topological polar surface area (TPSA) is 15.3 Å². The predicted octanol–water partition coefficient (Wildman–Crippen LogP) is 4.16. The van der Waals surface area contributed by atoms with Crippen molar-refractivity contribution in [2.75, 3.05) is 26.2 Å². The van der Waals surface area contributed by atoms with E-state index in [9.17, 15) is 0 Å². The molecule has 1 heterocycles. The van der Waals surface area contributed by atoms with Gasteiger partial charge in [0.25, 0.3) is 0 Å². The highest BCUT2D eigenvalue weighted by Gasteiger charge is 2.38. The average Bonchev–Trinajstić information content (AvgIpc) is 2.81. The lowest BCUT2D eigenvalue weighted by Crippen LogP contribution is -2.47. The number of hydrogen-bond donors (Lipinski definition) is 1. The molecule has 0 aromatic rings. The monoisotopic (exact) mass is 294 g/mol. The zero-order chi connectivity index (χ0) is 15.7. The first kappa shape index (κ1) is 17.3. The molecular weight excluding hydrogens is 256 g/mol. The van der Waals surface area contributed by atoms with Crippen molar-refractivity contribution >= 4 is 0 Å². The first-order valence-electron chi connectivity index (χ1n) is 9.17. The van der Waals surface area contributed by atoms with Gasteiger partial charge in [-0.25, -0.2) is 0 Å². The summed E-state index contributed by atoms with van der Waals surface area (Å²) in [4.78, 5) is 2.76. The van der Waals surface area contributed by atoms with E-state index in [1.54, 1.807) is 0 Å². The van der Waals surface area contributed by atoms with Gasteiger partial charge in [-0.05, 0) is 61.4 Å². The lowest BCUT2D eigenvalue weighted by molar-refractivity contribution is 0.104. The Hall–Kier alpha value is -0.0800. The van der Waals surface area contributed by atoms with E-state index in [2.05, 4.69) is 51.8 Å². The Morgan fingerprint density at radius 1 is 1.19 bits per heavy atom. The molecule has 0 spiro atoms. The summed E-state index contributed by atoms with van der Waals surface area (Å²) in [6, 6.07) is 0.747. The van der Waals surface area contributed by atoms with Crippen LogP contribution in [0.1, 0.15) is 67.2 Å². The molecule has 2 heteroatoms. The maximum Gasteiger partial charge on any atom is 0.0108 e. The normalized spacial score (nSPS) is 34.3. The van der Waals surface area contributed by atoms with Crippen LogP contribution in [0.3, 0.4) is 0 Å². The summed E-state index contributed by atoms with van der Waals surface area (Å²) in [5, 5.41) is 3.76. The van der Waals surface area contributed by atoms with Gasteiger partial charge in [-0.3, -0.25) is 0 Å². The zero-order valence-electron chi connectivity index (χ0n) is 15.3. The molecule has 1 aliphatic carbocycles. The van der Waals surface area contributed by atoms with Gasteiger partial charge in [0.05, 0.1) is 0 Å². The third-order valence-corrected chi connectivity index (χ3v) is 5.97. The van der Waals surface area contributed by atoms with E-state index in [1.165, 1.54) is 45.3 Å². The summed E-state index contributed by atoms with van der Waals surface area (Å²) in [7, 11) is 0. The number of rotatable bonds is 4. The van der Waals surface area contributed by atoms with Gasteiger partial charge in [0.15, 0.2) is 0 Å². The van der Waals surface area contributed by atoms with Gasteiger partial charge in [0.2, 0.25) is 0 Å². The van der Waals surface area contributed by atoms with E-state index in [0.717, 1.165) is 24.4 Å². The molecule has 1 saturated heterocycles. The molecule has 3 atom stereocenters. The third kappa shape index (κ3) is 4.69. The number of likely N-dealkylation sites (tertiary alicyclic amines) is 1. The van der Waals surface area contributed by atoms with Crippen molar-refractivity contribution in [2.24, 2.45) is 22.7 Å². The SMILES string of the molecule is CCNC1CCC(C)(C)CC1CN1CCC(C(C)(C)C)C1. The average molecular weight is 295 g/mol. The smallest absolute Gasteiger partial charge is 0.0108 e. The Bertz CT molecular complexity index is 329. The molecule has 0 bridgehead atoms. The van der Waals surface area contributed by atoms with Crippen molar-refractivity contribution in [1.82, 2.24) is 10.2 Å². The van der Waals surface area contributed by atoms with Gasteiger partial charge >= 0.3 is 0 Å². The quantitative estimate of drug-likeness (QED) is 0.837. The van der Waals surface area contributed by atoms with Crippen molar-refractivity contribution < 1.29 is 0 Å². The molecule has 0 aromatic heterocycles. The molecule has 1 saturated carbocycles. The van der Waals surface area contributed by atoms with Crippen LogP contribution in [0.15, 0.2) is 0 Å². The van der Waals surface area contributed by atoms with Crippen molar-refractivity contribution in [3.63, 3.8) is 0 Å². The second kappa shape index (κ2) is 6.58. The third-order valence-electron chi connectivity index (χ3n) is 5.97. The summed E-state index contributed by atoms with van der Waals surface area (Å²) >= 11 is 0. The minimum atomic E-state index is 0.474. The van der Waals surface area contributed by atoms with Crippen molar-refractivity contribution in [3.05, 3.63) is 0 Å². The second-order valence-electron chi connectivity index (χ2n) is 9.44. The van der Waals surface area contributed by atoms with E-state index in [4.69, 9.17) is 0 Å². The minimum absolute atomic E-state index is 0.474. The molecular formula is C19H38N2. The maximum atomic E-state index is 3.76. The van der Waals surface area contributed by atoms with Crippen LogP contribution in [0.25, 0.3) is 0 Å². The highest BCUT2D eigenvalue weighted by atomic mass is 15.2. The summed E-state index contributed by atoms with van der Waals surface area (Å²) in [6.45, 7) is 19.5. The molecule has 124 valence electrons. The molecule has 2 nitrogen and oxygen atoms in total. The van der Waals surface area contributed by atoms with E-state index < -0.39 is 0 Å². The molecule has 2 rings (SSSR count). The van der Waals surface area contributed by atoms with Crippen LogP contribution in [-0.4, -0.2) is 37.1 Å². The Morgan fingerprint density at radius 2 is 1.90 bits per heavy atom. The van der Waals surface area contributed by atoms with Gasteiger partial charge in [0, 0.05) is 19.1 Å². The van der Waals surface area contributed by atoms with E-state index in [-0.39, 0.29) is 0 Å². The van der Waals surface area contributed by atoms with Crippen LogP contribution in [0.2, 0.25) is 0 Å². The Morgan fingerprint density at radius 3 is 2.48 bits per heavy atom. The number of hydrogen-bond acceptors (Lipinski definition) is 2. The molecule has 0 radical (unpaired) electrons. The molecule has 2 fully saturated rings. The standard InChI is InChI=1S/C19H38N2/c1-7-20-17-8-10-19(5,6)12-15(17)13-21-11-9-16(14-21)18(2,3)4/h15-17,20H,7-14H2,1-6H3. The van der Waals surface area contributed by atoms with Gasteiger partial charge in [-0.15, -0.1) is 0 Å². The molecule has 2 aliphatic rings. The van der Waals surface area contributed by atoms with Crippen molar-refractivity contribution in [3.8, 4) is 0 Å². The van der Waals surface area contributed by atoms with Gasteiger partial charge < -0.3 is 10.2 Å². The van der Waals surface area contributed by atoms with Crippen LogP contribution in [-0.2, 0) is 0 Å². The molecule has 21 heavy (non-hydrogen) atoms. The fourth-order valence-electron chi connectivity index (χ4n) is 4.50. The molecule has 1 N–H and O–H groups in total. The summed E-state index contributed by atoms with van der Waals surface area (Å²) < 4.78 is 0. The van der Waals surface area contributed by atoms with Crippen LogP contribution >= 0.6 is 0 Å². The van der Waals surface area contributed by atoms with E-state index >= 15 is 0 Å². The van der Waals surface area contributed by atoms with Crippen LogP contribution in [0.5, 0.6) is 0 Å². The van der Waals surface area contributed by atoms with Crippen LogP contribution in [0.4, 0.5) is 0 Å². The molecule has 1 aliphatic heterocycles.